The molecule has 0 aliphatic carbocycles. The monoisotopic (exact) mass is 430 g/mol. The van der Waals surface area contributed by atoms with Gasteiger partial charge in [0.1, 0.15) is 0 Å². The van der Waals surface area contributed by atoms with Gasteiger partial charge < -0.3 is 15.0 Å². The lowest BCUT2D eigenvalue weighted by atomic mass is 9.86. The topological polar surface area (TPSA) is 101 Å². The Balaban J connectivity index is 1.76. The van der Waals surface area contributed by atoms with Gasteiger partial charge in [0.05, 0.1) is 28.5 Å². The smallest absolute Gasteiger partial charge is 0.284 e. The van der Waals surface area contributed by atoms with E-state index in [9.17, 15) is 4.79 Å². The SMILES string of the molecule is Cc1nnn(C)c1-c1ccc2nc(C(N)=O)n([C@@H](c3ccccc3)C3CCOCC3)c2c1. The number of aromatic nitrogens is 5. The van der Waals surface area contributed by atoms with Crippen LogP contribution in [0.15, 0.2) is 48.5 Å². The summed E-state index contributed by atoms with van der Waals surface area (Å²) >= 11 is 0. The van der Waals surface area contributed by atoms with Gasteiger partial charge in [-0.05, 0) is 43.4 Å². The predicted molar refractivity (Wildman–Crippen MR) is 121 cm³/mol. The molecule has 8 heteroatoms. The van der Waals surface area contributed by atoms with E-state index in [1.54, 1.807) is 4.68 Å². The summed E-state index contributed by atoms with van der Waals surface area (Å²) in [6, 6.07) is 16.2. The van der Waals surface area contributed by atoms with Crippen LogP contribution in [0.5, 0.6) is 0 Å². The van der Waals surface area contributed by atoms with E-state index in [0.717, 1.165) is 46.4 Å². The molecule has 164 valence electrons. The van der Waals surface area contributed by atoms with E-state index in [4.69, 9.17) is 10.5 Å². The van der Waals surface area contributed by atoms with Crippen molar-refractivity contribution < 1.29 is 9.53 Å². The Hall–Kier alpha value is -3.52. The maximum absolute atomic E-state index is 12.5. The van der Waals surface area contributed by atoms with Gasteiger partial charge in [0.25, 0.3) is 5.91 Å². The molecule has 32 heavy (non-hydrogen) atoms. The molecule has 1 aliphatic heterocycles. The number of nitrogens with zero attached hydrogens (tertiary/aromatic N) is 5. The molecule has 0 radical (unpaired) electrons. The lowest BCUT2D eigenvalue weighted by molar-refractivity contribution is 0.0543. The van der Waals surface area contributed by atoms with E-state index in [2.05, 4.69) is 33.5 Å². The van der Waals surface area contributed by atoms with Crippen LogP contribution >= 0.6 is 0 Å². The molecule has 2 aromatic carbocycles. The van der Waals surface area contributed by atoms with Crippen LogP contribution < -0.4 is 5.73 Å². The first kappa shape index (κ1) is 20.4. The standard InChI is InChI=1S/C24H26N6O2/c1-15-21(29(2)28-27-15)18-8-9-19-20(14-18)30(24(26-19)23(25)31)22(16-6-4-3-5-7-16)17-10-12-32-13-11-17/h3-9,14,17,22H,10-13H2,1-2H3,(H2,25,31)/t22-/m0/s1. The summed E-state index contributed by atoms with van der Waals surface area (Å²) in [5, 5.41) is 8.33. The predicted octanol–water partition coefficient (Wildman–Crippen LogP) is 3.26. The number of carbonyl (C=O) groups is 1. The molecule has 1 saturated heterocycles. The average molecular weight is 431 g/mol. The third kappa shape index (κ3) is 3.46. The molecule has 3 heterocycles. The summed E-state index contributed by atoms with van der Waals surface area (Å²) in [6.45, 7) is 3.35. The number of ether oxygens (including phenoxy) is 1. The Morgan fingerprint density at radius 3 is 2.56 bits per heavy atom. The number of imidazole rings is 1. The van der Waals surface area contributed by atoms with Crippen molar-refractivity contribution in [3.8, 4) is 11.3 Å². The van der Waals surface area contributed by atoms with E-state index in [-0.39, 0.29) is 11.9 Å². The highest BCUT2D eigenvalue weighted by atomic mass is 16.5. The number of nitrogens with two attached hydrogens (primary N) is 1. The number of amides is 1. The fourth-order valence-corrected chi connectivity index (χ4v) is 4.87. The molecule has 5 rings (SSSR count). The van der Waals surface area contributed by atoms with Crippen LogP contribution in [-0.2, 0) is 11.8 Å². The molecule has 4 aromatic rings. The van der Waals surface area contributed by atoms with Crippen LogP contribution in [0, 0.1) is 12.8 Å². The van der Waals surface area contributed by atoms with Crippen molar-refractivity contribution in [2.24, 2.45) is 18.7 Å². The molecule has 0 unspecified atom stereocenters. The van der Waals surface area contributed by atoms with Gasteiger partial charge in [-0.15, -0.1) is 5.10 Å². The van der Waals surface area contributed by atoms with E-state index in [1.807, 2.05) is 48.9 Å². The third-order valence-corrected chi connectivity index (χ3v) is 6.31. The summed E-state index contributed by atoms with van der Waals surface area (Å²) in [4.78, 5) is 17.2. The first-order chi connectivity index (χ1) is 15.5. The molecule has 1 amide bonds. The van der Waals surface area contributed by atoms with Crippen LogP contribution in [0.25, 0.3) is 22.3 Å². The maximum atomic E-state index is 12.5. The number of fused-ring (bicyclic) bond motifs is 1. The highest BCUT2D eigenvalue weighted by molar-refractivity contribution is 5.95. The summed E-state index contributed by atoms with van der Waals surface area (Å²) in [7, 11) is 1.88. The zero-order valence-electron chi connectivity index (χ0n) is 18.2. The van der Waals surface area contributed by atoms with Crippen LogP contribution in [0.4, 0.5) is 0 Å². The van der Waals surface area contributed by atoms with Crippen molar-refractivity contribution in [1.29, 1.82) is 0 Å². The van der Waals surface area contributed by atoms with Crippen molar-refractivity contribution in [3.05, 3.63) is 65.6 Å². The van der Waals surface area contributed by atoms with Crippen molar-refractivity contribution in [2.45, 2.75) is 25.8 Å². The molecule has 0 spiro atoms. The Morgan fingerprint density at radius 2 is 1.91 bits per heavy atom. The largest absolute Gasteiger partial charge is 0.381 e. The minimum atomic E-state index is -0.533. The summed E-state index contributed by atoms with van der Waals surface area (Å²) < 4.78 is 9.43. The third-order valence-electron chi connectivity index (χ3n) is 6.31. The normalized spacial score (nSPS) is 15.8. The van der Waals surface area contributed by atoms with E-state index < -0.39 is 5.91 Å². The molecule has 2 aromatic heterocycles. The van der Waals surface area contributed by atoms with Crippen molar-refractivity contribution in [1.82, 2.24) is 24.5 Å². The van der Waals surface area contributed by atoms with Gasteiger partial charge in [-0.1, -0.05) is 41.6 Å². The minimum absolute atomic E-state index is 0.0754. The van der Waals surface area contributed by atoms with E-state index >= 15 is 0 Å². The van der Waals surface area contributed by atoms with Crippen LogP contribution in [0.1, 0.15) is 40.8 Å². The Kier molecular flexibility index (Phi) is 5.22. The second-order valence-corrected chi connectivity index (χ2v) is 8.33. The van der Waals surface area contributed by atoms with E-state index in [1.165, 1.54) is 0 Å². The first-order valence-corrected chi connectivity index (χ1v) is 10.9. The van der Waals surface area contributed by atoms with Crippen LogP contribution in [-0.4, -0.2) is 43.7 Å². The van der Waals surface area contributed by atoms with Crippen LogP contribution in [0.2, 0.25) is 0 Å². The number of benzene rings is 2. The molecule has 1 aliphatic rings. The number of hydrogen-bond donors (Lipinski definition) is 1. The quantitative estimate of drug-likeness (QED) is 0.524. The van der Waals surface area contributed by atoms with Crippen molar-refractivity contribution in [3.63, 3.8) is 0 Å². The zero-order chi connectivity index (χ0) is 22.2. The van der Waals surface area contributed by atoms with Gasteiger partial charge in [-0.3, -0.25) is 4.79 Å². The molecule has 0 saturated carbocycles. The van der Waals surface area contributed by atoms with Gasteiger partial charge in [-0.25, -0.2) is 9.67 Å². The molecule has 1 fully saturated rings. The minimum Gasteiger partial charge on any atom is -0.381 e. The lowest BCUT2D eigenvalue weighted by Crippen LogP contribution is -2.30. The Morgan fingerprint density at radius 1 is 1.16 bits per heavy atom. The fourth-order valence-electron chi connectivity index (χ4n) is 4.87. The molecular weight excluding hydrogens is 404 g/mol. The first-order valence-electron chi connectivity index (χ1n) is 10.9. The maximum Gasteiger partial charge on any atom is 0.284 e. The van der Waals surface area contributed by atoms with Gasteiger partial charge in [0.2, 0.25) is 0 Å². The lowest BCUT2D eigenvalue weighted by Gasteiger charge is -2.33. The second kappa shape index (κ2) is 8.20. The Bertz CT molecular complexity index is 1250. The van der Waals surface area contributed by atoms with Crippen molar-refractivity contribution >= 4 is 16.9 Å². The van der Waals surface area contributed by atoms with Gasteiger partial charge in [0.15, 0.2) is 5.82 Å². The Labute approximate surface area is 186 Å². The van der Waals surface area contributed by atoms with E-state index in [0.29, 0.717) is 19.1 Å². The molecular formula is C24H26N6O2. The van der Waals surface area contributed by atoms with Gasteiger partial charge >= 0.3 is 0 Å². The molecule has 0 bridgehead atoms. The molecule has 1 atom stereocenters. The number of aryl methyl sites for hydroxylation is 2. The van der Waals surface area contributed by atoms with Crippen LogP contribution in [0.3, 0.4) is 0 Å². The number of carbonyl (C=O) groups excluding carboxylic acids is 1. The summed E-state index contributed by atoms with van der Waals surface area (Å²) in [5.74, 6) is 0.0388. The van der Waals surface area contributed by atoms with Gasteiger partial charge in [0, 0.05) is 25.8 Å². The fraction of sp³-hybridized carbons (Fsp3) is 0.333. The zero-order valence-corrected chi connectivity index (χ0v) is 18.2. The van der Waals surface area contributed by atoms with Gasteiger partial charge in [-0.2, -0.15) is 0 Å². The second-order valence-electron chi connectivity index (χ2n) is 8.33. The van der Waals surface area contributed by atoms with Crippen molar-refractivity contribution in [2.75, 3.05) is 13.2 Å². The summed E-state index contributed by atoms with van der Waals surface area (Å²) in [5.41, 5.74) is 11.3. The molecule has 8 nitrogen and oxygen atoms in total. The number of hydrogen-bond acceptors (Lipinski definition) is 5. The summed E-state index contributed by atoms with van der Waals surface area (Å²) in [6.07, 6.45) is 1.81. The molecule has 2 N–H and O–H groups in total. The highest BCUT2D eigenvalue weighted by Crippen LogP contribution is 2.38. The average Bonchev–Trinajstić information content (AvgIpc) is 3.35. The highest BCUT2D eigenvalue weighted by Gasteiger charge is 2.31. The number of rotatable bonds is 5. The number of primary amides is 1.